The number of hydrogen-bond donors (Lipinski definition) is 0. The molecule has 0 radical (unpaired) electrons. The van der Waals surface area contributed by atoms with Crippen molar-refractivity contribution in [2.24, 2.45) is 0 Å². The highest BCUT2D eigenvalue weighted by Crippen LogP contribution is 2.18. The van der Waals surface area contributed by atoms with Gasteiger partial charge in [0.05, 0.1) is 5.56 Å². The highest BCUT2D eigenvalue weighted by Gasteiger charge is 2.08. The summed E-state index contributed by atoms with van der Waals surface area (Å²) in [5.74, 6) is 1.02. The molecule has 3 aromatic rings. The predicted octanol–water partition coefficient (Wildman–Crippen LogP) is 5.10. The van der Waals surface area contributed by atoms with Crippen molar-refractivity contribution in [3.05, 3.63) is 95.1 Å². The van der Waals surface area contributed by atoms with Gasteiger partial charge in [0, 0.05) is 0 Å². The van der Waals surface area contributed by atoms with Crippen LogP contribution in [0.1, 0.15) is 27.0 Å². The minimum Gasteiger partial charge on any atom is -0.489 e. The Bertz CT molecular complexity index is 832. The van der Waals surface area contributed by atoms with Crippen molar-refractivity contribution in [3.8, 4) is 11.5 Å². The van der Waals surface area contributed by atoms with E-state index in [1.807, 2.05) is 56.3 Å². The number of hydrogen-bond acceptors (Lipinski definition) is 3. The van der Waals surface area contributed by atoms with Crippen LogP contribution in [0, 0.1) is 13.8 Å². The van der Waals surface area contributed by atoms with Crippen molar-refractivity contribution in [1.29, 1.82) is 0 Å². The normalized spacial score (nSPS) is 10.3. The Labute approximate surface area is 147 Å². The van der Waals surface area contributed by atoms with Gasteiger partial charge in [0.1, 0.15) is 18.1 Å². The van der Waals surface area contributed by atoms with Crippen molar-refractivity contribution >= 4 is 5.97 Å². The smallest absolute Gasteiger partial charge is 0.343 e. The molecule has 0 atom stereocenters. The maximum atomic E-state index is 12.1. The number of benzene rings is 3. The third kappa shape index (κ3) is 4.70. The van der Waals surface area contributed by atoms with Crippen LogP contribution in [0.25, 0.3) is 0 Å². The number of carbonyl (C=O) groups is 1. The highest BCUT2D eigenvalue weighted by molar-refractivity contribution is 5.91. The molecule has 0 fully saturated rings. The van der Waals surface area contributed by atoms with Gasteiger partial charge in [-0.25, -0.2) is 4.79 Å². The molecule has 25 heavy (non-hydrogen) atoms. The molecule has 0 aromatic heterocycles. The van der Waals surface area contributed by atoms with Crippen molar-refractivity contribution in [2.75, 3.05) is 0 Å². The van der Waals surface area contributed by atoms with Crippen LogP contribution >= 0.6 is 0 Å². The lowest BCUT2D eigenvalue weighted by molar-refractivity contribution is 0.0734. The molecule has 3 heteroatoms. The van der Waals surface area contributed by atoms with Gasteiger partial charge in [-0.05, 0) is 66.9 Å². The summed E-state index contributed by atoms with van der Waals surface area (Å²) in [7, 11) is 0. The van der Waals surface area contributed by atoms with Crippen molar-refractivity contribution in [2.45, 2.75) is 20.5 Å². The van der Waals surface area contributed by atoms with E-state index in [-0.39, 0.29) is 5.97 Å². The first-order valence-electron chi connectivity index (χ1n) is 8.17. The monoisotopic (exact) mass is 332 g/mol. The summed E-state index contributed by atoms with van der Waals surface area (Å²) in [6.07, 6.45) is 0. The summed E-state index contributed by atoms with van der Waals surface area (Å²) in [5.41, 5.74) is 3.86. The largest absolute Gasteiger partial charge is 0.489 e. The molecule has 0 spiro atoms. The summed E-state index contributed by atoms with van der Waals surface area (Å²) in [4.78, 5) is 12.1. The van der Waals surface area contributed by atoms with Gasteiger partial charge >= 0.3 is 5.97 Å². The minimum atomic E-state index is -0.368. The second-order valence-electron chi connectivity index (χ2n) is 6.01. The number of ether oxygens (including phenoxy) is 2. The Kier molecular flexibility index (Phi) is 5.14. The van der Waals surface area contributed by atoms with Crippen molar-refractivity contribution in [1.82, 2.24) is 0 Å². The van der Waals surface area contributed by atoms with Crippen LogP contribution in [-0.2, 0) is 6.61 Å². The zero-order valence-electron chi connectivity index (χ0n) is 14.4. The van der Waals surface area contributed by atoms with E-state index >= 15 is 0 Å². The van der Waals surface area contributed by atoms with E-state index in [2.05, 4.69) is 6.07 Å². The molecule has 3 aromatic carbocycles. The van der Waals surface area contributed by atoms with Crippen LogP contribution in [0.15, 0.2) is 72.8 Å². The lowest BCUT2D eigenvalue weighted by Gasteiger charge is -2.09. The Morgan fingerprint density at radius 1 is 0.800 bits per heavy atom. The van der Waals surface area contributed by atoms with Gasteiger partial charge < -0.3 is 9.47 Å². The lowest BCUT2D eigenvalue weighted by atomic mass is 10.1. The first-order chi connectivity index (χ1) is 12.1. The second-order valence-corrected chi connectivity index (χ2v) is 6.01. The number of aryl methyl sites for hydroxylation is 2. The third-order valence-corrected chi connectivity index (χ3v) is 3.74. The van der Waals surface area contributed by atoms with Crippen LogP contribution in [-0.4, -0.2) is 5.97 Å². The second kappa shape index (κ2) is 7.67. The molecule has 3 nitrogen and oxygen atoms in total. The minimum absolute atomic E-state index is 0.368. The zero-order chi connectivity index (χ0) is 17.6. The zero-order valence-corrected chi connectivity index (χ0v) is 14.4. The molecule has 0 aliphatic carbocycles. The molecule has 0 N–H and O–H groups in total. The van der Waals surface area contributed by atoms with Gasteiger partial charge in [0.25, 0.3) is 0 Å². The topological polar surface area (TPSA) is 35.5 Å². The van der Waals surface area contributed by atoms with E-state index in [1.165, 1.54) is 11.1 Å². The van der Waals surface area contributed by atoms with Crippen molar-refractivity contribution in [3.63, 3.8) is 0 Å². The Hall–Kier alpha value is -3.07. The molecule has 0 saturated heterocycles. The van der Waals surface area contributed by atoms with Gasteiger partial charge in [0.2, 0.25) is 0 Å². The number of para-hydroxylation sites is 1. The number of carbonyl (C=O) groups excluding carboxylic acids is 1. The fraction of sp³-hybridized carbons (Fsp3) is 0.136. The van der Waals surface area contributed by atoms with E-state index in [1.54, 1.807) is 24.3 Å². The van der Waals surface area contributed by atoms with Gasteiger partial charge in [-0.2, -0.15) is 0 Å². The summed E-state index contributed by atoms with van der Waals surface area (Å²) >= 11 is 0. The molecular formula is C22H20O3. The molecule has 0 unspecified atom stereocenters. The molecule has 0 bridgehead atoms. The molecule has 3 rings (SSSR count). The first-order valence-corrected chi connectivity index (χ1v) is 8.17. The Morgan fingerprint density at radius 2 is 1.44 bits per heavy atom. The summed E-state index contributed by atoms with van der Waals surface area (Å²) in [5, 5.41) is 0. The molecule has 0 saturated carbocycles. The fourth-order valence-electron chi connectivity index (χ4n) is 2.57. The summed E-state index contributed by atoms with van der Waals surface area (Å²) in [6, 6.07) is 22.4. The standard InChI is InChI=1S/C22H20O3/c1-16-12-17(2)14-21(13-16)24-15-18-8-10-19(11-9-18)22(23)25-20-6-4-3-5-7-20/h3-14H,15H2,1-2H3. The van der Waals surface area contributed by atoms with Gasteiger partial charge in [-0.1, -0.05) is 36.4 Å². The average Bonchev–Trinajstić information content (AvgIpc) is 2.60. The Morgan fingerprint density at radius 3 is 2.08 bits per heavy atom. The molecule has 126 valence electrons. The van der Waals surface area contributed by atoms with Crippen LogP contribution in [0.4, 0.5) is 0 Å². The van der Waals surface area contributed by atoms with Crippen LogP contribution in [0.3, 0.4) is 0 Å². The molecule has 0 amide bonds. The van der Waals surface area contributed by atoms with Crippen LogP contribution in [0.2, 0.25) is 0 Å². The van der Waals surface area contributed by atoms with Crippen LogP contribution in [0.5, 0.6) is 11.5 Å². The van der Waals surface area contributed by atoms with Crippen LogP contribution < -0.4 is 9.47 Å². The predicted molar refractivity (Wildman–Crippen MR) is 98.1 cm³/mol. The van der Waals surface area contributed by atoms with Crippen molar-refractivity contribution < 1.29 is 14.3 Å². The molecule has 0 aliphatic heterocycles. The summed E-state index contributed by atoms with van der Waals surface area (Å²) in [6.45, 7) is 4.55. The van der Waals surface area contributed by atoms with E-state index in [4.69, 9.17) is 9.47 Å². The number of esters is 1. The van der Waals surface area contributed by atoms with E-state index in [0.717, 1.165) is 11.3 Å². The quantitative estimate of drug-likeness (QED) is 0.481. The van der Waals surface area contributed by atoms with Gasteiger partial charge in [-0.3, -0.25) is 0 Å². The maximum absolute atomic E-state index is 12.1. The average molecular weight is 332 g/mol. The number of rotatable bonds is 5. The lowest BCUT2D eigenvalue weighted by Crippen LogP contribution is -2.08. The fourth-order valence-corrected chi connectivity index (χ4v) is 2.57. The van der Waals surface area contributed by atoms with E-state index in [9.17, 15) is 4.79 Å². The molecular weight excluding hydrogens is 312 g/mol. The Balaban J connectivity index is 1.61. The molecule has 0 heterocycles. The SMILES string of the molecule is Cc1cc(C)cc(OCc2ccc(C(=O)Oc3ccccc3)cc2)c1. The van der Waals surface area contributed by atoms with Gasteiger partial charge in [0.15, 0.2) is 0 Å². The first kappa shape index (κ1) is 16.8. The van der Waals surface area contributed by atoms with E-state index in [0.29, 0.717) is 17.9 Å². The molecule has 0 aliphatic rings. The van der Waals surface area contributed by atoms with Gasteiger partial charge in [-0.15, -0.1) is 0 Å². The third-order valence-electron chi connectivity index (χ3n) is 3.74. The maximum Gasteiger partial charge on any atom is 0.343 e. The summed E-state index contributed by atoms with van der Waals surface area (Å²) < 4.78 is 11.2. The highest BCUT2D eigenvalue weighted by atomic mass is 16.5. The van der Waals surface area contributed by atoms with E-state index < -0.39 is 0 Å².